The van der Waals surface area contributed by atoms with Crippen LogP contribution in [0.25, 0.3) is 5.52 Å². The standard InChI is InChI=1S/C10H11BrN2O2/c1-6(14)4-9-12-10(11)8-5-7(15)2-3-13(8)9/h2-3,5-6,14-15H,4H2,1H3. The average Bonchev–Trinajstić information content (AvgIpc) is 2.42. The molecule has 15 heavy (non-hydrogen) atoms. The van der Waals surface area contributed by atoms with Gasteiger partial charge in [-0.05, 0) is 28.9 Å². The van der Waals surface area contributed by atoms with Crippen LogP contribution in [0, 0.1) is 0 Å². The van der Waals surface area contributed by atoms with E-state index in [1.165, 1.54) is 0 Å². The van der Waals surface area contributed by atoms with E-state index in [2.05, 4.69) is 20.9 Å². The lowest BCUT2D eigenvalue weighted by molar-refractivity contribution is 0.192. The summed E-state index contributed by atoms with van der Waals surface area (Å²) in [5.74, 6) is 0.971. The topological polar surface area (TPSA) is 57.8 Å². The molecule has 4 nitrogen and oxygen atoms in total. The summed E-state index contributed by atoms with van der Waals surface area (Å²) in [5, 5.41) is 18.6. The number of fused-ring (bicyclic) bond motifs is 1. The first-order chi connectivity index (χ1) is 7.08. The Bertz CT molecular complexity index is 493. The molecule has 2 aromatic rings. The van der Waals surface area contributed by atoms with Crippen molar-refractivity contribution < 1.29 is 10.2 Å². The molecule has 2 heterocycles. The fourth-order valence-electron chi connectivity index (χ4n) is 1.51. The van der Waals surface area contributed by atoms with Crippen LogP contribution in [0.4, 0.5) is 0 Å². The summed E-state index contributed by atoms with van der Waals surface area (Å²) in [6.07, 6.45) is 1.79. The van der Waals surface area contributed by atoms with Crippen molar-refractivity contribution >= 4 is 21.4 Å². The fraction of sp³-hybridized carbons (Fsp3) is 0.300. The summed E-state index contributed by atoms with van der Waals surface area (Å²) in [6.45, 7) is 1.72. The smallest absolute Gasteiger partial charge is 0.132 e. The number of hydrogen-bond donors (Lipinski definition) is 2. The molecular formula is C10H11BrN2O2. The van der Waals surface area contributed by atoms with Crippen LogP contribution in [0.15, 0.2) is 22.9 Å². The fourth-order valence-corrected chi connectivity index (χ4v) is 2.02. The van der Waals surface area contributed by atoms with Crippen molar-refractivity contribution in [1.82, 2.24) is 9.38 Å². The van der Waals surface area contributed by atoms with Crippen molar-refractivity contribution in [2.24, 2.45) is 0 Å². The van der Waals surface area contributed by atoms with E-state index in [1.54, 1.807) is 25.3 Å². The van der Waals surface area contributed by atoms with Gasteiger partial charge < -0.3 is 14.6 Å². The second-order valence-corrected chi connectivity index (χ2v) is 4.26. The van der Waals surface area contributed by atoms with E-state index in [9.17, 15) is 10.2 Å². The largest absolute Gasteiger partial charge is 0.508 e. The Hall–Kier alpha value is -1.07. The molecule has 0 bridgehead atoms. The predicted octanol–water partition coefficient (Wildman–Crippen LogP) is 1.73. The second kappa shape index (κ2) is 3.83. The van der Waals surface area contributed by atoms with Gasteiger partial charge in [-0.2, -0.15) is 0 Å². The van der Waals surface area contributed by atoms with Crippen molar-refractivity contribution in [2.45, 2.75) is 19.4 Å². The summed E-state index contributed by atoms with van der Waals surface area (Å²) in [6, 6.07) is 3.22. The molecule has 0 aliphatic carbocycles. The lowest BCUT2D eigenvalue weighted by Crippen LogP contribution is -2.07. The molecule has 0 aliphatic rings. The van der Waals surface area contributed by atoms with Crippen LogP contribution in [0.1, 0.15) is 12.7 Å². The monoisotopic (exact) mass is 270 g/mol. The highest BCUT2D eigenvalue weighted by molar-refractivity contribution is 9.10. The first-order valence-electron chi connectivity index (χ1n) is 4.61. The molecule has 2 aromatic heterocycles. The summed E-state index contributed by atoms with van der Waals surface area (Å²) in [4.78, 5) is 4.28. The molecule has 0 saturated heterocycles. The Morgan fingerprint density at radius 2 is 2.33 bits per heavy atom. The van der Waals surface area contributed by atoms with Crippen LogP contribution in [-0.2, 0) is 6.42 Å². The number of nitrogens with zero attached hydrogens (tertiary/aromatic N) is 2. The lowest BCUT2D eigenvalue weighted by Gasteiger charge is -2.03. The van der Waals surface area contributed by atoms with E-state index in [4.69, 9.17) is 0 Å². The Morgan fingerprint density at radius 1 is 1.60 bits per heavy atom. The van der Waals surface area contributed by atoms with Gasteiger partial charge in [-0.3, -0.25) is 0 Å². The van der Waals surface area contributed by atoms with Crippen molar-refractivity contribution in [3.05, 3.63) is 28.8 Å². The van der Waals surface area contributed by atoms with Crippen molar-refractivity contribution in [3.63, 3.8) is 0 Å². The third-order valence-electron chi connectivity index (χ3n) is 2.13. The number of aromatic nitrogens is 2. The highest BCUT2D eigenvalue weighted by atomic mass is 79.9. The van der Waals surface area contributed by atoms with E-state index >= 15 is 0 Å². The predicted molar refractivity (Wildman–Crippen MR) is 59.9 cm³/mol. The molecule has 2 N–H and O–H groups in total. The molecule has 80 valence electrons. The van der Waals surface area contributed by atoms with Crippen molar-refractivity contribution in [2.75, 3.05) is 0 Å². The van der Waals surface area contributed by atoms with Crippen LogP contribution in [0.2, 0.25) is 0 Å². The lowest BCUT2D eigenvalue weighted by atomic mass is 10.3. The Morgan fingerprint density at radius 3 is 3.00 bits per heavy atom. The second-order valence-electron chi connectivity index (χ2n) is 3.51. The molecule has 0 spiro atoms. The quantitative estimate of drug-likeness (QED) is 0.874. The Labute approximate surface area is 95.3 Å². The van der Waals surface area contributed by atoms with E-state index in [0.717, 1.165) is 11.3 Å². The molecule has 2 rings (SSSR count). The van der Waals surface area contributed by atoms with Gasteiger partial charge in [0.15, 0.2) is 0 Å². The van der Waals surface area contributed by atoms with E-state index in [0.29, 0.717) is 11.0 Å². The molecule has 0 fully saturated rings. The number of halogens is 1. The van der Waals surface area contributed by atoms with E-state index in [1.807, 2.05) is 4.40 Å². The Balaban J connectivity index is 2.57. The van der Waals surface area contributed by atoms with Crippen LogP contribution < -0.4 is 0 Å². The third-order valence-corrected chi connectivity index (χ3v) is 2.72. The zero-order chi connectivity index (χ0) is 11.0. The minimum absolute atomic E-state index is 0.201. The van der Waals surface area contributed by atoms with Crippen LogP contribution in [0.3, 0.4) is 0 Å². The maximum Gasteiger partial charge on any atom is 0.132 e. The molecular weight excluding hydrogens is 260 g/mol. The highest BCUT2D eigenvalue weighted by Gasteiger charge is 2.11. The number of hydrogen-bond acceptors (Lipinski definition) is 3. The zero-order valence-corrected chi connectivity index (χ0v) is 9.77. The first-order valence-corrected chi connectivity index (χ1v) is 5.40. The Kier molecular flexibility index (Phi) is 2.67. The van der Waals surface area contributed by atoms with Crippen molar-refractivity contribution in [1.29, 1.82) is 0 Å². The molecule has 0 aliphatic heterocycles. The van der Waals surface area contributed by atoms with Gasteiger partial charge in [-0.25, -0.2) is 4.98 Å². The number of aromatic hydroxyl groups is 1. The zero-order valence-electron chi connectivity index (χ0n) is 8.18. The molecule has 0 radical (unpaired) electrons. The minimum Gasteiger partial charge on any atom is -0.508 e. The maximum absolute atomic E-state index is 9.33. The summed E-state index contributed by atoms with van der Waals surface area (Å²) >= 11 is 3.32. The SMILES string of the molecule is CC(O)Cc1nc(Br)c2cc(O)ccn12. The molecule has 0 aromatic carbocycles. The van der Waals surface area contributed by atoms with Crippen LogP contribution in [-0.4, -0.2) is 25.7 Å². The number of pyridine rings is 1. The van der Waals surface area contributed by atoms with Gasteiger partial charge >= 0.3 is 0 Å². The summed E-state index contributed by atoms with van der Waals surface area (Å²) in [5.41, 5.74) is 0.797. The third kappa shape index (κ3) is 1.98. The van der Waals surface area contributed by atoms with E-state index < -0.39 is 6.10 Å². The van der Waals surface area contributed by atoms with Crippen LogP contribution >= 0.6 is 15.9 Å². The van der Waals surface area contributed by atoms with Crippen molar-refractivity contribution in [3.8, 4) is 5.75 Å². The highest BCUT2D eigenvalue weighted by Crippen LogP contribution is 2.23. The van der Waals surface area contributed by atoms with Gasteiger partial charge in [0.2, 0.25) is 0 Å². The van der Waals surface area contributed by atoms with E-state index in [-0.39, 0.29) is 5.75 Å². The van der Waals surface area contributed by atoms with Gasteiger partial charge in [-0.1, -0.05) is 0 Å². The van der Waals surface area contributed by atoms with Gasteiger partial charge in [0.05, 0.1) is 11.6 Å². The number of imidazole rings is 1. The van der Waals surface area contributed by atoms with Crippen LogP contribution in [0.5, 0.6) is 5.75 Å². The molecule has 1 atom stereocenters. The average molecular weight is 271 g/mol. The molecule has 0 amide bonds. The minimum atomic E-state index is -0.434. The number of aliphatic hydroxyl groups excluding tert-OH is 1. The summed E-state index contributed by atoms with van der Waals surface area (Å²) in [7, 11) is 0. The molecule has 5 heteroatoms. The first kappa shape index (κ1) is 10.4. The number of aliphatic hydroxyl groups is 1. The normalized spacial score (nSPS) is 13.3. The summed E-state index contributed by atoms with van der Waals surface area (Å²) < 4.78 is 2.52. The maximum atomic E-state index is 9.33. The van der Waals surface area contributed by atoms with Gasteiger partial charge in [-0.15, -0.1) is 0 Å². The van der Waals surface area contributed by atoms with Gasteiger partial charge in [0, 0.05) is 18.7 Å². The molecule has 0 saturated carbocycles. The molecule has 1 unspecified atom stereocenters. The van der Waals surface area contributed by atoms with Gasteiger partial charge in [0.1, 0.15) is 16.2 Å². The van der Waals surface area contributed by atoms with Gasteiger partial charge in [0.25, 0.3) is 0 Å². The number of rotatable bonds is 2.